The van der Waals surface area contributed by atoms with Gasteiger partial charge in [0.05, 0.1) is 0 Å². The second-order valence-electron chi connectivity index (χ2n) is 6.63. The summed E-state index contributed by atoms with van der Waals surface area (Å²) in [5.74, 6) is 1.83. The number of hydrogen-bond acceptors (Lipinski definition) is 2. The summed E-state index contributed by atoms with van der Waals surface area (Å²) in [7, 11) is 0. The van der Waals surface area contributed by atoms with Crippen molar-refractivity contribution in [2.24, 2.45) is 17.6 Å². The smallest absolute Gasteiger partial charge is 0.0246 e. The van der Waals surface area contributed by atoms with Crippen molar-refractivity contribution in [1.29, 1.82) is 0 Å². The fourth-order valence-corrected chi connectivity index (χ4v) is 3.91. The Kier molecular flexibility index (Phi) is 5.97. The lowest BCUT2D eigenvalue weighted by Gasteiger charge is -2.40. The van der Waals surface area contributed by atoms with Gasteiger partial charge in [0.2, 0.25) is 0 Å². The fraction of sp³-hybridized carbons (Fsp3) is 1.00. The van der Waals surface area contributed by atoms with Gasteiger partial charge in [-0.1, -0.05) is 39.0 Å². The predicted molar refractivity (Wildman–Crippen MR) is 78.6 cm³/mol. The molecular formula is C16H32N2. The molecule has 1 saturated carbocycles. The van der Waals surface area contributed by atoms with Gasteiger partial charge in [-0.3, -0.25) is 4.90 Å². The van der Waals surface area contributed by atoms with Crippen LogP contribution in [-0.4, -0.2) is 30.6 Å². The van der Waals surface area contributed by atoms with Gasteiger partial charge in [0.1, 0.15) is 0 Å². The van der Waals surface area contributed by atoms with Crippen molar-refractivity contribution in [3.63, 3.8) is 0 Å². The van der Waals surface area contributed by atoms with E-state index >= 15 is 0 Å². The average Bonchev–Trinajstić information content (AvgIpc) is 2.34. The maximum Gasteiger partial charge on any atom is 0.0246 e. The number of nitrogens with two attached hydrogens (primary N) is 1. The minimum absolute atomic E-state index is 0.676. The number of hydrogen-bond donors (Lipinski definition) is 1. The van der Waals surface area contributed by atoms with E-state index in [4.69, 9.17) is 5.73 Å². The van der Waals surface area contributed by atoms with Crippen molar-refractivity contribution in [2.75, 3.05) is 19.6 Å². The van der Waals surface area contributed by atoms with Crippen LogP contribution in [-0.2, 0) is 0 Å². The Labute approximate surface area is 113 Å². The molecule has 2 fully saturated rings. The van der Waals surface area contributed by atoms with Crippen molar-refractivity contribution in [3.05, 3.63) is 0 Å². The Bertz CT molecular complexity index is 213. The van der Waals surface area contributed by atoms with Crippen LogP contribution in [0.5, 0.6) is 0 Å². The minimum Gasteiger partial charge on any atom is -0.329 e. The molecule has 1 saturated heterocycles. The molecule has 1 aliphatic heterocycles. The summed E-state index contributed by atoms with van der Waals surface area (Å²) in [6, 6.07) is 0.676. The van der Waals surface area contributed by atoms with Crippen molar-refractivity contribution < 1.29 is 0 Å². The van der Waals surface area contributed by atoms with E-state index < -0.39 is 0 Å². The Morgan fingerprint density at radius 3 is 2.06 bits per heavy atom. The minimum atomic E-state index is 0.676. The third kappa shape index (κ3) is 3.96. The molecule has 0 aromatic carbocycles. The molecule has 0 bridgehead atoms. The molecule has 106 valence electrons. The molecule has 0 aromatic rings. The molecule has 18 heavy (non-hydrogen) atoms. The molecule has 0 aromatic heterocycles. The van der Waals surface area contributed by atoms with Gasteiger partial charge >= 0.3 is 0 Å². The quantitative estimate of drug-likeness (QED) is 0.834. The first kappa shape index (κ1) is 14.3. The van der Waals surface area contributed by atoms with Crippen molar-refractivity contribution in [3.8, 4) is 0 Å². The summed E-state index contributed by atoms with van der Waals surface area (Å²) in [6.07, 6.45) is 12.8. The van der Waals surface area contributed by atoms with Gasteiger partial charge in [0.15, 0.2) is 0 Å². The SMILES string of the molecule is CC1CCC(C(CN)N2CCCCCCC2)CC1. The zero-order chi connectivity index (χ0) is 12.8. The molecule has 2 aliphatic rings. The van der Waals surface area contributed by atoms with E-state index in [1.54, 1.807) is 0 Å². The van der Waals surface area contributed by atoms with Gasteiger partial charge in [-0.2, -0.15) is 0 Å². The molecule has 1 atom stereocenters. The molecule has 1 heterocycles. The fourth-order valence-electron chi connectivity index (χ4n) is 3.91. The summed E-state index contributed by atoms with van der Waals surface area (Å²) < 4.78 is 0. The Morgan fingerprint density at radius 2 is 1.50 bits per heavy atom. The molecule has 2 nitrogen and oxygen atoms in total. The highest BCUT2D eigenvalue weighted by molar-refractivity contribution is 4.84. The van der Waals surface area contributed by atoms with Gasteiger partial charge in [0.25, 0.3) is 0 Å². The Morgan fingerprint density at radius 1 is 0.944 bits per heavy atom. The van der Waals surface area contributed by atoms with Crippen molar-refractivity contribution >= 4 is 0 Å². The molecular weight excluding hydrogens is 220 g/mol. The highest BCUT2D eigenvalue weighted by Gasteiger charge is 2.29. The second-order valence-corrected chi connectivity index (χ2v) is 6.63. The summed E-state index contributed by atoms with van der Waals surface area (Å²) >= 11 is 0. The van der Waals surface area contributed by atoms with Gasteiger partial charge in [-0.15, -0.1) is 0 Å². The van der Waals surface area contributed by atoms with E-state index in [9.17, 15) is 0 Å². The van der Waals surface area contributed by atoms with Crippen LogP contribution in [0.25, 0.3) is 0 Å². The summed E-state index contributed by atoms with van der Waals surface area (Å²) in [5.41, 5.74) is 6.12. The van der Waals surface area contributed by atoms with Crippen LogP contribution < -0.4 is 5.73 Å². The maximum atomic E-state index is 6.12. The predicted octanol–water partition coefficient (Wildman–Crippen LogP) is 3.41. The van der Waals surface area contributed by atoms with Crippen LogP contribution in [0.4, 0.5) is 0 Å². The first-order valence-electron chi connectivity index (χ1n) is 8.25. The normalized spacial score (nSPS) is 33.7. The maximum absolute atomic E-state index is 6.12. The number of nitrogens with zero attached hydrogens (tertiary/aromatic N) is 1. The summed E-state index contributed by atoms with van der Waals surface area (Å²) in [6.45, 7) is 5.88. The van der Waals surface area contributed by atoms with Gasteiger partial charge in [-0.25, -0.2) is 0 Å². The number of likely N-dealkylation sites (tertiary alicyclic amines) is 1. The summed E-state index contributed by atoms with van der Waals surface area (Å²) in [4.78, 5) is 2.74. The topological polar surface area (TPSA) is 29.3 Å². The third-order valence-corrected chi connectivity index (χ3v) is 5.21. The van der Waals surface area contributed by atoms with Crippen molar-refractivity contribution in [1.82, 2.24) is 4.90 Å². The molecule has 1 unspecified atom stereocenters. The van der Waals surface area contributed by atoms with Crippen LogP contribution >= 0.6 is 0 Å². The monoisotopic (exact) mass is 252 g/mol. The molecule has 0 radical (unpaired) electrons. The van der Waals surface area contributed by atoms with Crippen LogP contribution in [0, 0.1) is 11.8 Å². The average molecular weight is 252 g/mol. The van der Waals surface area contributed by atoms with E-state index in [0.717, 1.165) is 18.4 Å². The first-order valence-corrected chi connectivity index (χ1v) is 8.25. The molecule has 2 rings (SSSR count). The van der Waals surface area contributed by atoms with E-state index in [1.165, 1.54) is 70.9 Å². The molecule has 0 spiro atoms. The van der Waals surface area contributed by atoms with Crippen LogP contribution in [0.15, 0.2) is 0 Å². The van der Waals surface area contributed by atoms with E-state index in [2.05, 4.69) is 11.8 Å². The second kappa shape index (κ2) is 7.49. The van der Waals surface area contributed by atoms with Crippen LogP contribution in [0.2, 0.25) is 0 Å². The molecule has 2 N–H and O–H groups in total. The lowest BCUT2D eigenvalue weighted by molar-refractivity contribution is 0.103. The van der Waals surface area contributed by atoms with Crippen LogP contribution in [0.3, 0.4) is 0 Å². The highest BCUT2D eigenvalue weighted by atomic mass is 15.2. The zero-order valence-electron chi connectivity index (χ0n) is 12.2. The van der Waals surface area contributed by atoms with E-state index in [-0.39, 0.29) is 0 Å². The Hall–Kier alpha value is -0.0800. The molecule has 0 amide bonds. The largest absolute Gasteiger partial charge is 0.329 e. The van der Waals surface area contributed by atoms with Gasteiger partial charge in [-0.05, 0) is 50.6 Å². The van der Waals surface area contributed by atoms with Crippen molar-refractivity contribution in [2.45, 2.75) is 70.8 Å². The zero-order valence-corrected chi connectivity index (χ0v) is 12.2. The van der Waals surface area contributed by atoms with Gasteiger partial charge < -0.3 is 5.73 Å². The lowest BCUT2D eigenvalue weighted by Crippen LogP contribution is -2.47. The third-order valence-electron chi connectivity index (χ3n) is 5.21. The standard InChI is InChI=1S/C16H32N2/c1-14-7-9-15(10-8-14)16(13-17)18-11-5-3-2-4-6-12-18/h14-16H,2-13,17H2,1H3. The summed E-state index contributed by atoms with van der Waals surface area (Å²) in [5, 5.41) is 0. The van der Waals surface area contributed by atoms with Gasteiger partial charge in [0, 0.05) is 12.6 Å². The highest BCUT2D eigenvalue weighted by Crippen LogP contribution is 2.32. The van der Waals surface area contributed by atoms with E-state index in [0.29, 0.717) is 6.04 Å². The molecule has 1 aliphatic carbocycles. The van der Waals surface area contributed by atoms with E-state index in [1.807, 2.05) is 0 Å². The first-order chi connectivity index (χ1) is 8.81. The van der Waals surface area contributed by atoms with Crippen LogP contribution in [0.1, 0.15) is 64.7 Å². The number of rotatable bonds is 3. The Balaban J connectivity index is 1.89. The lowest BCUT2D eigenvalue weighted by atomic mass is 9.78. The molecule has 2 heteroatoms.